The van der Waals surface area contributed by atoms with Crippen LogP contribution in [0.4, 0.5) is 10.1 Å². The second kappa shape index (κ2) is 10.5. The Kier molecular flexibility index (Phi) is 7.72. The Morgan fingerprint density at radius 3 is 2.38 bits per heavy atom. The number of hydrogen-bond donors (Lipinski definition) is 2. The average molecular weight is 398 g/mol. The van der Waals surface area contributed by atoms with E-state index in [1.165, 1.54) is 61.7 Å². The Morgan fingerprint density at radius 1 is 1.14 bits per heavy atom. The summed E-state index contributed by atoms with van der Waals surface area (Å²) in [7, 11) is 0. The molecule has 0 aliphatic heterocycles. The topological polar surface area (TPSA) is 113 Å². The lowest BCUT2D eigenvalue weighted by Gasteiger charge is -2.02. The maximum atomic E-state index is 12.8. The molecule has 2 rings (SSSR count). The van der Waals surface area contributed by atoms with Gasteiger partial charge < -0.3 is 9.84 Å². The lowest BCUT2D eigenvalue weighted by Crippen LogP contribution is -2.17. The Morgan fingerprint density at radius 2 is 1.79 bits per heavy atom. The smallest absolute Gasteiger partial charge is 0.362 e. The number of halogens is 1. The van der Waals surface area contributed by atoms with Gasteiger partial charge in [-0.1, -0.05) is 12.1 Å². The number of esters is 1. The average Bonchev–Trinajstić information content (AvgIpc) is 2.70. The summed E-state index contributed by atoms with van der Waals surface area (Å²) in [6.07, 6.45) is 1.39. The second-order valence-corrected chi connectivity index (χ2v) is 5.65. The molecule has 0 spiro atoms. The van der Waals surface area contributed by atoms with Gasteiger partial charge in [-0.25, -0.2) is 14.6 Å². The van der Waals surface area contributed by atoms with Crippen molar-refractivity contribution in [2.24, 2.45) is 15.3 Å². The molecule has 0 atom stereocenters. The highest BCUT2D eigenvalue weighted by Gasteiger charge is 2.14. The normalized spacial score (nSPS) is 12.1. The van der Waals surface area contributed by atoms with Gasteiger partial charge in [0, 0.05) is 5.56 Å². The summed E-state index contributed by atoms with van der Waals surface area (Å²) in [5, 5.41) is 20.9. The minimum Gasteiger partial charge on any atom is -0.510 e. The number of aliphatic hydroxyl groups excluding tert-OH is 1. The number of carbonyl (C=O) groups excluding carboxylic acids is 2. The maximum Gasteiger partial charge on any atom is 0.362 e. The number of nitrogens with one attached hydrogen (secondary N) is 1. The van der Waals surface area contributed by atoms with Crippen LogP contribution < -0.4 is 5.43 Å². The van der Waals surface area contributed by atoms with E-state index in [0.717, 1.165) is 0 Å². The highest BCUT2D eigenvalue weighted by atomic mass is 19.1. The predicted molar refractivity (Wildman–Crippen MR) is 104 cm³/mol. The molecule has 0 heterocycles. The van der Waals surface area contributed by atoms with Gasteiger partial charge in [0.25, 0.3) is 5.91 Å². The SMILES string of the molecule is CCOC(=O)/C(N=Nc1ccc(C(=O)N/N=C/c2ccc(F)cc2)cc1)=C(/C)O. The number of aliphatic hydroxyl groups is 1. The maximum absolute atomic E-state index is 12.8. The zero-order valence-electron chi connectivity index (χ0n) is 15.8. The van der Waals surface area contributed by atoms with Crippen LogP contribution in [0.25, 0.3) is 0 Å². The number of benzene rings is 2. The van der Waals surface area contributed by atoms with Crippen LogP contribution in [0.5, 0.6) is 0 Å². The monoisotopic (exact) mass is 398 g/mol. The number of ether oxygens (including phenoxy) is 1. The number of hydrogen-bond acceptors (Lipinski definition) is 7. The van der Waals surface area contributed by atoms with Gasteiger partial charge in [0.2, 0.25) is 5.70 Å². The minimum absolute atomic E-state index is 0.137. The van der Waals surface area contributed by atoms with E-state index < -0.39 is 11.9 Å². The summed E-state index contributed by atoms with van der Waals surface area (Å²) in [5.41, 5.74) is 3.37. The summed E-state index contributed by atoms with van der Waals surface area (Å²) in [4.78, 5) is 23.8. The Bertz CT molecular complexity index is 947. The fraction of sp³-hybridized carbons (Fsp3) is 0.150. The lowest BCUT2D eigenvalue weighted by molar-refractivity contribution is -0.138. The van der Waals surface area contributed by atoms with Gasteiger partial charge in [-0.05, 0) is 55.8 Å². The van der Waals surface area contributed by atoms with E-state index in [2.05, 4.69) is 20.8 Å². The van der Waals surface area contributed by atoms with Crippen molar-refractivity contribution in [3.05, 3.63) is 76.9 Å². The van der Waals surface area contributed by atoms with Crippen molar-refractivity contribution in [2.75, 3.05) is 6.61 Å². The van der Waals surface area contributed by atoms with Crippen LogP contribution in [-0.4, -0.2) is 29.8 Å². The third-order valence-electron chi connectivity index (χ3n) is 3.46. The van der Waals surface area contributed by atoms with Gasteiger partial charge >= 0.3 is 5.97 Å². The molecule has 0 bridgehead atoms. The first-order valence-electron chi connectivity index (χ1n) is 8.58. The van der Waals surface area contributed by atoms with Gasteiger partial charge in [-0.3, -0.25) is 4.79 Å². The van der Waals surface area contributed by atoms with E-state index in [4.69, 9.17) is 4.74 Å². The molecule has 150 valence electrons. The lowest BCUT2D eigenvalue weighted by atomic mass is 10.2. The molecular weight excluding hydrogens is 379 g/mol. The number of hydrazone groups is 1. The first kappa shape index (κ1) is 21.4. The third-order valence-corrected chi connectivity index (χ3v) is 3.46. The summed E-state index contributed by atoms with van der Waals surface area (Å²) in [6, 6.07) is 11.6. The number of azo groups is 1. The molecule has 0 aromatic heterocycles. The molecule has 8 nitrogen and oxygen atoms in total. The fourth-order valence-corrected chi connectivity index (χ4v) is 2.03. The van der Waals surface area contributed by atoms with Crippen LogP contribution >= 0.6 is 0 Å². The van der Waals surface area contributed by atoms with E-state index in [9.17, 15) is 19.1 Å². The number of nitrogens with zero attached hydrogens (tertiary/aromatic N) is 3. The van der Waals surface area contributed by atoms with E-state index in [1.54, 1.807) is 6.92 Å². The Balaban J connectivity index is 2.00. The number of carbonyl (C=O) groups is 2. The zero-order chi connectivity index (χ0) is 21.2. The molecule has 0 radical (unpaired) electrons. The molecule has 2 aromatic rings. The zero-order valence-corrected chi connectivity index (χ0v) is 15.8. The molecule has 0 saturated carbocycles. The van der Waals surface area contributed by atoms with Gasteiger partial charge in [-0.2, -0.15) is 10.2 Å². The predicted octanol–water partition coefficient (Wildman–Crippen LogP) is 4.03. The molecule has 0 aliphatic rings. The van der Waals surface area contributed by atoms with Crippen molar-refractivity contribution >= 4 is 23.8 Å². The molecule has 2 aromatic carbocycles. The number of amides is 1. The highest BCUT2D eigenvalue weighted by molar-refractivity contribution is 5.95. The quantitative estimate of drug-likeness (QED) is 0.183. The van der Waals surface area contributed by atoms with Gasteiger partial charge in [-0.15, -0.1) is 5.11 Å². The summed E-state index contributed by atoms with van der Waals surface area (Å²) in [6.45, 7) is 3.07. The van der Waals surface area contributed by atoms with Crippen LogP contribution in [-0.2, 0) is 9.53 Å². The van der Waals surface area contributed by atoms with Gasteiger partial charge in [0.15, 0.2) is 0 Å². The first-order valence-corrected chi connectivity index (χ1v) is 8.58. The molecule has 2 N–H and O–H groups in total. The first-order chi connectivity index (χ1) is 13.9. The van der Waals surface area contributed by atoms with E-state index in [0.29, 0.717) is 16.8 Å². The van der Waals surface area contributed by atoms with Crippen molar-refractivity contribution in [1.82, 2.24) is 5.43 Å². The van der Waals surface area contributed by atoms with Crippen molar-refractivity contribution in [2.45, 2.75) is 13.8 Å². The van der Waals surface area contributed by atoms with Gasteiger partial charge in [0.1, 0.15) is 11.6 Å². The van der Waals surface area contributed by atoms with Crippen LogP contribution in [0.1, 0.15) is 29.8 Å². The van der Waals surface area contributed by atoms with E-state index in [-0.39, 0.29) is 23.9 Å². The van der Waals surface area contributed by atoms with Crippen molar-refractivity contribution in [3.8, 4) is 0 Å². The Hall–Kier alpha value is -3.88. The largest absolute Gasteiger partial charge is 0.510 e. The summed E-state index contributed by atoms with van der Waals surface area (Å²) in [5.74, 6) is -1.92. The molecule has 9 heteroatoms. The van der Waals surface area contributed by atoms with Crippen molar-refractivity contribution in [3.63, 3.8) is 0 Å². The van der Waals surface area contributed by atoms with Crippen LogP contribution in [0.15, 0.2) is 75.3 Å². The molecule has 29 heavy (non-hydrogen) atoms. The minimum atomic E-state index is -0.786. The fourth-order valence-electron chi connectivity index (χ4n) is 2.03. The molecule has 0 aliphatic carbocycles. The molecular formula is C20H19FN4O4. The number of allylic oxidation sites excluding steroid dienone is 1. The molecule has 1 amide bonds. The van der Waals surface area contributed by atoms with Crippen molar-refractivity contribution in [1.29, 1.82) is 0 Å². The van der Waals surface area contributed by atoms with Crippen molar-refractivity contribution < 1.29 is 23.8 Å². The van der Waals surface area contributed by atoms with E-state index in [1.807, 2.05) is 0 Å². The molecule has 0 fully saturated rings. The van der Waals surface area contributed by atoms with Crippen LogP contribution in [0.3, 0.4) is 0 Å². The number of rotatable bonds is 7. The van der Waals surface area contributed by atoms with Crippen LogP contribution in [0, 0.1) is 5.82 Å². The second-order valence-electron chi connectivity index (χ2n) is 5.65. The van der Waals surface area contributed by atoms with E-state index >= 15 is 0 Å². The third kappa shape index (κ3) is 6.65. The van der Waals surface area contributed by atoms with Gasteiger partial charge in [0.05, 0.1) is 18.5 Å². The van der Waals surface area contributed by atoms with Crippen LogP contribution in [0.2, 0.25) is 0 Å². The Labute approximate surface area is 166 Å². The summed E-state index contributed by atoms with van der Waals surface area (Å²) >= 11 is 0. The highest BCUT2D eigenvalue weighted by Crippen LogP contribution is 2.16. The summed E-state index contributed by atoms with van der Waals surface area (Å²) < 4.78 is 17.6. The molecule has 0 unspecified atom stereocenters. The molecule has 0 saturated heterocycles. The standard InChI is InChI=1S/C20H19FN4O4/c1-3-29-20(28)18(13(2)26)24-23-17-10-6-15(7-11-17)19(27)25-22-12-14-4-8-16(21)9-5-14/h4-12,26H,3H2,1-2H3,(H,25,27)/b18-13+,22-12+,24-23?.